The van der Waals surface area contributed by atoms with Crippen molar-refractivity contribution in [1.82, 2.24) is 9.88 Å². The maximum atomic E-state index is 12.7. The average Bonchev–Trinajstić information content (AvgIpc) is 3.02. The molecule has 1 aromatic rings. The molecule has 1 fully saturated rings. The number of rotatable bonds is 5. The fraction of sp³-hybridized carbons (Fsp3) is 0.720. The van der Waals surface area contributed by atoms with Crippen molar-refractivity contribution < 1.29 is 18.8 Å². The fourth-order valence-electron chi connectivity index (χ4n) is 4.35. The second kappa shape index (κ2) is 9.02. The van der Waals surface area contributed by atoms with Gasteiger partial charge in [0.15, 0.2) is 14.6 Å². The van der Waals surface area contributed by atoms with Gasteiger partial charge in [-0.1, -0.05) is 20.8 Å². The third-order valence-electron chi connectivity index (χ3n) is 7.06. The maximum absolute atomic E-state index is 12.7. The number of fused-ring (bicyclic) bond motifs is 3. The normalized spacial score (nSPS) is 21.0. The molecule has 0 radical (unpaired) electrons. The van der Waals surface area contributed by atoms with Gasteiger partial charge < -0.3 is 19.0 Å². The summed E-state index contributed by atoms with van der Waals surface area (Å²) < 4.78 is 11.9. The summed E-state index contributed by atoms with van der Waals surface area (Å²) >= 11 is 0. The Morgan fingerprint density at radius 1 is 1.21 bits per heavy atom. The zero-order valence-electron chi connectivity index (χ0n) is 21.8. The van der Waals surface area contributed by atoms with Gasteiger partial charge in [-0.15, -0.1) is 0 Å². The first-order chi connectivity index (χ1) is 15.1. The van der Waals surface area contributed by atoms with Crippen LogP contribution < -0.4 is 4.90 Å². The number of aromatic nitrogens is 1. The predicted octanol–water partition coefficient (Wildman–Crippen LogP) is 4.83. The molecule has 0 spiro atoms. The molecule has 0 aromatic carbocycles. The Morgan fingerprint density at radius 2 is 1.88 bits per heavy atom. The minimum absolute atomic E-state index is 0.114. The molecule has 1 aromatic heterocycles. The van der Waals surface area contributed by atoms with Crippen molar-refractivity contribution in [1.29, 1.82) is 0 Å². The molecule has 3 rings (SSSR count). The van der Waals surface area contributed by atoms with Crippen LogP contribution in [0, 0.1) is 0 Å². The second-order valence-corrected chi connectivity index (χ2v) is 16.8. The van der Waals surface area contributed by atoms with Gasteiger partial charge in [0, 0.05) is 37.7 Å². The van der Waals surface area contributed by atoms with Gasteiger partial charge in [-0.2, -0.15) is 0 Å². The molecule has 0 saturated carbocycles. The highest BCUT2D eigenvalue weighted by molar-refractivity contribution is 6.74. The molecular formula is C25H41N3O4Si. The van der Waals surface area contributed by atoms with Crippen molar-refractivity contribution in [2.24, 2.45) is 0 Å². The molecule has 8 heteroatoms. The Hall–Kier alpha value is -1.93. The zero-order chi connectivity index (χ0) is 24.8. The first-order valence-corrected chi connectivity index (χ1v) is 14.9. The molecule has 184 valence electrons. The van der Waals surface area contributed by atoms with E-state index in [-0.39, 0.29) is 23.2 Å². The van der Waals surface area contributed by atoms with Crippen LogP contribution in [-0.2, 0) is 22.0 Å². The third kappa shape index (κ3) is 5.59. The van der Waals surface area contributed by atoms with E-state index in [1.54, 1.807) is 4.90 Å². The van der Waals surface area contributed by atoms with E-state index >= 15 is 0 Å². The van der Waals surface area contributed by atoms with Crippen LogP contribution in [0.5, 0.6) is 0 Å². The highest BCUT2D eigenvalue weighted by atomic mass is 28.4. The number of ether oxygens (including phenoxy) is 1. The van der Waals surface area contributed by atoms with E-state index in [1.807, 2.05) is 26.8 Å². The monoisotopic (exact) mass is 475 g/mol. The van der Waals surface area contributed by atoms with Crippen LogP contribution in [0.3, 0.4) is 0 Å². The minimum atomic E-state index is -1.86. The van der Waals surface area contributed by atoms with Gasteiger partial charge in [0.2, 0.25) is 0 Å². The van der Waals surface area contributed by atoms with E-state index in [0.29, 0.717) is 31.7 Å². The number of carbonyl (C=O) groups is 2. The average molecular weight is 476 g/mol. The molecule has 0 unspecified atom stereocenters. The van der Waals surface area contributed by atoms with Crippen LogP contribution in [0.15, 0.2) is 6.07 Å². The lowest BCUT2D eigenvalue weighted by Gasteiger charge is -2.43. The lowest BCUT2D eigenvalue weighted by molar-refractivity contribution is 0.0191. The molecule has 1 saturated heterocycles. The summed E-state index contributed by atoms with van der Waals surface area (Å²) in [5.41, 5.74) is 2.00. The van der Waals surface area contributed by atoms with Crippen LogP contribution in [0.4, 0.5) is 10.6 Å². The number of amides is 1. The van der Waals surface area contributed by atoms with Gasteiger partial charge in [0.25, 0.3) is 0 Å². The van der Waals surface area contributed by atoms with E-state index in [9.17, 15) is 9.59 Å². The molecule has 3 heterocycles. The Kier molecular flexibility index (Phi) is 7.02. The summed E-state index contributed by atoms with van der Waals surface area (Å²) in [7, 11) is -1.86. The first-order valence-electron chi connectivity index (χ1n) is 12.0. The van der Waals surface area contributed by atoms with Crippen molar-refractivity contribution in [3.05, 3.63) is 22.9 Å². The molecule has 0 aliphatic carbocycles. The molecule has 0 N–H and O–H groups in total. The van der Waals surface area contributed by atoms with E-state index in [1.165, 1.54) is 0 Å². The topological polar surface area (TPSA) is 72.0 Å². The van der Waals surface area contributed by atoms with Crippen LogP contribution in [-0.4, -0.2) is 68.0 Å². The number of anilines is 1. The SMILES string of the molecule is C[C@@H]1CN(C(=O)OC(C)(C)C)C[C@H]2Cc3cc(C=O)c(CCO[Si](C)(C)C(C)(C)C)nc3N21. The summed E-state index contributed by atoms with van der Waals surface area (Å²) in [5.74, 6) is 0.948. The molecule has 0 bridgehead atoms. The van der Waals surface area contributed by atoms with Crippen molar-refractivity contribution in [3.63, 3.8) is 0 Å². The molecule has 2 aliphatic rings. The summed E-state index contributed by atoms with van der Waals surface area (Å²) in [6.45, 7) is 20.7. The Morgan fingerprint density at radius 3 is 2.45 bits per heavy atom. The van der Waals surface area contributed by atoms with Gasteiger partial charge in [0.1, 0.15) is 11.4 Å². The standard InChI is InChI=1S/C25H41N3O4Si/c1-17-14-27(23(30)32-24(2,3)4)15-20-13-18-12-19(16-29)21(26-22(18)28(17)20)10-11-31-33(8,9)25(5,6)7/h12,16-17,20H,10-11,13-15H2,1-9H3/t17-,20-/m1/s1. The number of hydrogen-bond donors (Lipinski definition) is 0. The summed E-state index contributed by atoms with van der Waals surface area (Å²) in [6.07, 6.45) is 2.02. The van der Waals surface area contributed by atoms with E-state index in [0.717, 1.165) is 29.8 Å². The van der Waals surface area contributed by atoms with Crippen molar-refractivity contribution >= 4 is 26.5 Å². The van der Waals surface area contributed by atoms with Gasteiger partial charge in [-0.05, 0) is 63.9 Å². The maximum Gasteiger partial charge on any atom is 0.410 e. The van der Waals surface area contributed by atoms with E-state index in [4.69, 9.17) is 14.1 Å². The lowest BCUT2D eigenvalue weighted by atomic mass is 10.1. The number of carbonyl (C=O) groups excluding carboxylic acids is 2. The van der Waals surface area contributed by atoms with E-state index in [2.05, 4.69) is 45.7 Å². The third-order valence-corrected chi connectivity index (χ3v) is 11.6. The summed E-state index contributed by atoms with van der Waals surface area (Å²) in [4.78, 5) is 33.6. The van der Waals surface area contributed by atoms with Crippen molar-refractivity contribution in [3.8, 4) is 0 Å². The fourth-order valence-corrected chi connectivity index (χ4v) is 5.40. The number of aldehydes is 1. The Balaban J connectivity index is 1.76. The highest BCUT2D eigenvalue weighted by Crippen LogP contribution is 2.38. The smallest absolute Gasteiger partial charge is 0.410 e. The first kappa shape index (κ1) is 25.7. The van der Waals surface area contributed by atoms with Crippen molar-refractivity contribution in [2.75, 3.05) is 24.6 Å². The Labute approximate surface area is 200 Å². The number of nitrogens with zero attached hydrogens (tertiary/aromatic N) is 3. The lowest BCUT2D eigenvalue weighted by Crippen LogP contribution is -2.58. The van der Waals surface area contributed by atoms with Crippen LogP contribution in [0.1, 0.15) is 70.1 Å². The molecule has 33 heavy (non-hydrogen) atoms. The molecule has 2 atom stereocenters. The van der Waals surface area contributed by atoms with E-state index < -0.39 is 13.9 Å². The second-order valence-electron chi connectivity index (χ2n) is 12.0. The van der Waals surface area contributed by atoms with Gasteiger partial charge in [0.05, 0.1) is 11.7 Å². The van der Waals surface area contributed by atoms with Gasteiger partial charge in [-0.25, -0.2) is 9.78 Å². The molecular weight excluding hydrogens is 434 g/mol. The van der Waals surface area contributed by atoms with Crippen molar-refractivity contribution in [2.45, 2.75) is 97.1 Å². The minimum Gasteiger partial charge on any atom is -0.444 e. The molecule has 2 aliphatic heterocycles. The summed E-state index contributed by atoms with van der Waals surface area (Å²) in [6, 6.07) is 2.24. The largest absolute Gasteiger partial charge is 0.444 e. The molecule has 7 nitrogen and oxygen atoms in total. The number of hydrogen-bond acceptors (Lipinski definition) is 6. The zero-order valence-corrected chi connectivity index (χ0v) is 22.8. The highest BCUT2D eigenvalue weighted by Gasteiger charge is 2.42. The Bertz CT molecular complexity index is 904. The predicted molar refractivity (Wildman–Crippen MR) is 134 cm³/mol. The van der Waals surface area contributed by atoms with Crippen LogP contribution >= 0.6 is 0 Å². The van der Waals surface area contributed by atoms with Gasteiger partial charge >= 0.3 is 6.09 Å². The van der Waals surface area contributed by atoms with Crippen LogP contribution in [0.25, 0.3) is 0 Å². The van der Waals surface area contributed by atoms with Gasteiger partial charge in [-0.3, -0.25) is 4.79 Å². The number of piperazine rings is 1. The quantitative estimate of drug-likeness (QED) is 0.449. The summed E-state index contributed by atoms with van der Waals surface area (Å²) in [5, 5.41) is 0.141. The van der Waals surface area contributed by atoms with Crippen LogP contribution in [0.2, 0.25) is 18.1 Å². The number of pyridine rings is 1. The molecule has 1 amide bonds.